The molecule has 0 radical (unpaired) electrons. The Morgan fingerprint density at radius 3 is 2.60 bits per heavy atom. The monoisotopic (exact) mass is 297 g/mol. The van der Waals surface area contributed by atoms with Gasteiger partial charge in [-0.25, -0.2) is 0 Å². The third-order valence-corrected chi connectivity index (χ3v) is 3.33. The van der Waals surface area contributed by atoms with E-state index in [9.17, 15) is 4.79 Å². The quantitative estimate of drug-likeness (QED) is 0.786. The molecule has 1 amide bonds. The number of ether oxygens (including phenoxy) is 1. The minimum Gasteiger partial charge on any atom is -0.482 e. The number of nitrogens with one attached hydrogen (secondary N) is 1. The zero-order valence-corrected chi connectivity index (χ0v) is 13.2. The molecule has 0 aromatic heterocycles. The summed E-state index contributed by atoms with van der Waals surface area (Å²) in [5.41, 5.74) is 0. The van der Waals surface area contributed by atoms with Crippen molar-refractivity contribution in [3.63, 3.8) is 0 Å². The van der Waals surface area contributed by atoms with Crippen molar-refractivity contribution in [1.29, 1.82) is 0 Å². The molecule has 0 spiro atoms. The lowest BCUT2D eigenvalue weighted by molar-refractivity contribution is -0.123. The fourth-order valence-corrected chi connectivity index (χ4v) is 2.12. The van der Waals surface area contributed by atoms with Crippen LogP contribution in [0, 0.1) is 5.92 Å². The number of hydrogen-bond donors (Lipinski definition) is 1. The first kappa shape index (κ1) is 16.8. The summed E-state index contributed by atoms with van der Waals surface area (Å²) in [6.45, 7) is 6.44. The van der Waals surface area contributed by atoms with E-state index in [0.29, 0.717) is 16.7 Å². The summed E-state index contributed by atoms with van der Waals surface area (Å²) in [6.07, 6.45) is 3.32. The first-order valence-electron chi connectivity index (χ1n) is 7.15. The summed E-state index contributed by atoms with van der Waals surface area (Å²) >= 11 is 5.95. The molecular weight excluding hydrogens is 274 g/mol. The second-order valence-corrected chi connectivity index (χ2v) is 5.92. The lowest BCUT2D eigenvalue weighted by atomic mass is 10.0. The maximum absolute atomic E-state index is 11.8. The summed E-state index contributed by atoms with van der Waals surface area (Å²) in [4.78, 5) is 11.8. The van der Waals surface area contributed by atoms with Gasteiger partial charge in [-0.1, -0.05) is 50.4 Å². The highest BCUT2D eigenvalue weighted by Crippen LogP contribution is 2.22. The van der Waals surface area contributed by atoms with Crippen LogP contribution < -0.4 is 10.1 Å². The Balaban J connectivity index is 2.24. The highest BCUT2D eigenvalue weighted by Gasteiger charge is 2.09. The van der Waals surface area contributed by atoms with Crippen LogP contribution in [0.3, 0.4) is 0 Å². The van der Waals surface area contributed by atoms with Gasteiger partial charge in [0.15, 0.2) is 6.61 Å². The molecule has 3 nitrogen and oxygen atoms in total. The van der Waals surface area contributed by atoms with Crippen LogP contribution in [0.15, 0.2) is 24.3 Å². The van der Waals surface area contributed by atoms with E-state index >= 15 is 0 Å². The molecule has 112 valence electrons. The predicted molar refractivity (Wildman–Crippen MR) is 83.2 cm³/mol. The summed E-state index contributed by atoms with van der Waals surface area (Å²) in [5.74, 6) is 1.14. The van der Waals surface area contributed by atoms with Gasteiger partial charge in [0.2, 0.25) is 0 Å². The van der Waals surface area contributed by atoms with Crippen LogP contribution in [-0.2, 0) is 4.79 Å². The molecule has 0 saturated carbocycles. The number of carbonyl (C=O) groups is 1. The van der Waals surface area contributed by atoms with Gasteiger partial charge in [0, 0.05) is 6.04 Å². The first-order valence-corrected chi connectivity index (χ1v) is 7.53. The van der Waals surface area contributed by atoms with E-state index in [0.717, 1.165) is 12.8 Å². The normalized spacial score (nSPS) is 12.2. The van der Waals surface area contributed by atoms with E-state index < -0.39 is 0 Å². The number of amides is 1. The maximum atomic E-state index is 11.8. The predicted octanol–water partition coefficient (Wildman–Crippen LogP) is 4.05. The molecule has 4 heteroatoms. The molecule has 1 unspecified atom stereocenters. The Bertz CT molecular complexity index is 421. The van der Waals surface area contributed by atoms with Crippen LogP contribution in [0.25, 0.3) is 0 Å². The average Bonchev–Trinajstić information content (AvgIpc) is 2.37. The van der Waals surface area contributed by atoms with Gasteiger partial charge in [-0.15, -0.1) is 0 Å². The molecule has 0 aliphatic heterocycles. The molecule has 20 heavy (non-hydrogen) atoms. The second-order valence-electron chi connectivity index (χ2n) is 5.51. The largest absolute Gasteiger partial charge is 0.482 e. The highest BCUT2D eigenvalue weighted by atomic mass is 35.5. The number of para-hydroxylation sites is 1. The van der Waals surface area contributed by atoms with E-state index in [1.54, 1.807) is 12.1 Å². The minimum absolute atomic E-state index is 0.00173. The van der Waals surface area contributed by atoms with Crippen molar-refractivity contribution in [2.75, 3.05) is 6.61 Å². The average molecular weight is 298 g/mol. The lowest BCUT2D eigenvalue weighted by Gasteiger charge is -2.15. The van der Waals surface area contributed by atoms with Crippen molar-refractivity contribution < 1.29 is 9.53 Å². The molecule has 0 aliphatic carbocycles. The SMILES string of the molecule is CC(C)CCCC(C)NC(=O)COc1ccccc1Cl. The molecule has 0 fully saturated rings. The molecule has 1 aromatic rings. The number of halogens is 1. The fourth-order valence-electron chi connectivity index (χ4n) is 1.93. The van der Waals surface area contributed by atoms with Crippen LogP contribution in [0.1, 0.15) is 40.0 Å². The van der Waals surface area contributed by atoms with Crippen molar-refractivity contribution in [2.24, 2.45) is 5.92 Å². The third kappa shape index (κ3) is 6.80. The van der Waals surface area contributed by atoms with Gasteiger partial charge in [0.25, 0.3) is 5.91 Å². The Labute approximate surface area is 126 Å². The van der Waals surface area contributed by atoms with Crippen molar-refractivity contribution in [3.8, 4) is 5.75 Å². The van der Waals surface area contributed by atoms with Gasteiger partial charge in [-0.3, -0.25) is 4.79 Å². The topological polar surface area (TPSA) is 38.3 Å². The van der Waals surface area contributed by atoms with Crippen LogP contribution in [0.5, 0.6) is 5.75 Å². The van der Waals surface area contributed by atoms with Gasteiger partial charge in [0.05, 0.1) is 5.02 Å². The zero-order valence-electron chi connectivity index (χ0n) is 12.5. The zero-order chi connectivity index (χ0) is 15.0. The maximum Gasteiger partial charge on any atom is 0.258 e. The summed E-state index contributed by atoms with van der Waals surface area (Å²) < 4.78 is 5.40. The molecule has 0 saturated heterocycles. The van der Waals surface area contributed by atoms with Gasteiger partial charge >= 0.3 is 0 Å². The standard InChI is InChI=1S/C16H24ClNO2/c1-12(2)7-6-8-13(3)18-16(19)11-20-15-10-5-4-9-14(15)17/h4-5,9-10,12-13H,6-8,11H2,1-3H3,(H,18,19). The minimum atomic E-state index is -0.109. The molecule has 0 heterocycles. The van der Waals surface area contributed by atoms with Crippen molar-refractivity contribution in [2.45, 2.75) is 46.1 Å². The van der Waals surface area contributed by atoms with Crippen LogP contribution >= 0.6 is 11.6 Å². The first-order chi connectivity index (χ1) is 9.49. The number of benzene rings is 1. The molecule has 0 aliphatic rings. The van der Waals surface area contributed by atoms with Crippen LogP contribution in [-0.4, -0.2) is 18.6 Å². The van der Waals surface area contributed by atoms with Crippen molar-refractivity contribution in [3.05, 3.63) is 29.3 Å². The molecular formula is C16H24ClNO2. The Morgan fingerprint density at radius 1 is 1.25 bits per heavy atom. The van der Waals surface area contributed by atoms with Crippen LogP contribution in [0.4, 0.5) is 0 Å². The summed E-state index contributed by atoms with van der Waals surface area (Å²) in [5, 5.41) is 3.46. The molecule has 1 atom stereocenters. The Kier molecular flexibility index (Phi) is 7.45. The van der Waals surface area contributed by atoms with E-state index in [1.165, 1.54) is 6.42 Å². The number of rotatable bonds is 8. The lowest BCUT2D eigenvalue weighted by Crippen LogP contribution is -2.36. The Hall–Kier alpha value is -1.22. The molecule has 1 aromatic carbocycles. The van der Waals surface area contributed by atoms with E-state index in [1.807, 2.05) is 19.1 Å². The smallest absolute Gasteiger partial charge is 0.258 e. The van der Waals surface area contributed by atoms with Gasteiger partial charge in [0.1, 0.15) is 5.75 Å². The van der Waals surface area contributed by atoms with Crippen molar-refractivity contribution in [1.82, 2.24) is 5.32 Å². The van der Waals surface area contributed by atoms with Gasteiger partial charge < -0.3 is 10.1 Å². The second kappa shape index (κ2) is 8.85. The van der Waals surface area contributed by atoms with Gasteiger partial charge in [-0.05, 0) is 31.4 Å². The van der Waals surface area contributed by atoms with Crippen LogP contribution in [0.2, 0.25) is 5.02 Å². The summed E-state index contributed by atoms with van der Waals surface area (Å²) in [6, 6.07) is 7.32. The number of carbonyl (C=O) groups excluding carboxylic acids is 1. The Morgan fingerprint density at radius 2 is 1.95 bits per heavy atom. The molecule has 1 rings (SSSR count). The van der Waals surface area contributed by atoms with Crippen molar-refractivity contribution >= 4 is 17.5 Å². The van der Waals surface area contributed by atoms with E-state index in [4.69, 9.17) is 16.3 Å². The van der Waals surface area contributed by atoms with E-state index in [-0.39, 0.29) is 18.6 Å². The highest BCUT2D eigenvalue weighted by molar-refractivity contribution is 6.32. The summed E-state index contributed by atoms with van der Waals surface area (Å²) in [7, 11) is 0. The molecule has 0 bridgehead atoms. The molecule has 1 N–H and O–H groups in total. The fraction of sp³-hybridized carbons (Fsp3) is 0.562. The number of hydrogen-bond acceptors (Lipinski definition) is 2. The van der Waals surface area contributed by atoms with Gasteiger partial charge in [-0.2, -0.15) is 0 Å². The van der Waals surface area contributed by atoms with E-state index in [2.05, 4.69) is 19.2 Å². The third-order valence-electron chi connectivity index (χ3n) is 3.02.